The molecule has 0 aromatic heterocycles. The van der Waals surface area contributed by atoms with Crippen molar-refractivity contribution in [2.45, 2.75) is 45.8 Å². The normalized spacial score (nSPS) is 29.8. The Morgan fingerprint density at radius 3 is 2.28 bits per heavy atom. The van der Waals surface area contributed by atoms with Gasteiger partial charge >= 0.3 is 0 Å². The van der Waals surface area contributed by atoms with E-state index in [9.17, 15) is 4.39 Å². The molecule has 2 nitrogen and oxygen atoms in total. The lowest BCUT2D eigenvalue weighted by Gasteiger charge is -2.42. The summed E-state index contributed by atoms with van der Waals surface area (Å²) in [6, 6.07) is 6.60. The van der Waals surface area contributed by atoms with Crippen molar-refractivity contribution in [2.75, 3.05) is 7.05 Å². The maximum Gasteiger partial charge on any atom is 0.123 e. The topological polar surface area (TPSA) is 12.5 Å². The van der Waals surface area contributed by atoms with Crippen molar-refractivity contribution in [3.63, 3.8) is 0 Å². The number of hydroxylamine groups is 2. The molecule has 2 atom stereocenters. The molecule has 100 valence electrons. The molecule has 1 aromatic carbocycles. The van der Waals surface area contributed by atoms with Gasteiger partial charge in [-0.2, -0.15) is 5.06 Å². The number of benzene rings is 1. The van der Waals surface area contributed by atoms with E-state index >= 15 is 0 Å². The molecule has 1 saturated heterocycles. The van der Waals surface area contributed by atoms with Gasteiger partial charge in [0, 0.05) is 13.5 Å². The summed E-state index contributed by atoms with van der Waals surface area (Å²) in [6.07, 6.45) is 0.929. The van der Waals surface area contributed by atoms with E-state index in [2.05, 4.69) is 27.7 Å². The van der Waals surface area contributed by atoms with Crippen LogP contribution in [-0.4, -0.2) is 17.6 Å². The van der Waals surface area contributed by atoms with Crippen molar-refractivity contribution in [3.8, 4) is 0 Å². The van der Waals surface area contributed by atoms with Crippen LogP contribution in [0.5, 0.6) is 0 Å². The van der Waals surface area contributed by atoms with Crippen LogP contribution in [0.3, 0.4) is 0 Å². The molecule has 3 heteroatoms. The lowest BCUT2D eigenvalue weighted by molar-refractivity contribution is -0.187. The van der Waals surface area contributed by atoms with E-state index in [1.54, 1.807) is 0 Å². The van der Waals surface area contributed by atoms with Crippen LogP contribution in [0.4, 0.5) is 4.39 Å². The smallest absolute Gasteiger partial charge is 0.123 e. The fourth-order valence-corrected chi connectivity index (χ4v) is 2.47. The number of halogens is 1. The zero-order valence-electron chi connectivity index (χ0n) is 11.8. The molecular formula is C15H22FNO. The highest BCUT2D eigenvalue weighted by Crippen LogP contribution is 2.48. The zero-order chi connectivity index (χ0) is 13.6. The summed E-state index contributed by atoms with van der Waals surface area (Å²) < 4.78 is 12.9. The highest BCUT2D eigenvalue weighted by Gasteiger charge is 2.49. The van der Waals surface area contributed by atoms with Crippen LogP contribution in [0.2, 0.25) is 0 Å². The molecule has 18 heavy (non-hydrogen) atoms. The summed E-state index contributed by atoms with van der Waals surface area (Å²) in [7, 11) is 1.98. The summed E-state index contributed by atoms with van der Waals surface area (Å²) in [5.74, 6) is -0.205. The van der Waals surface area contributed by atoms with E-state index in [0.29, 0.717) is 0 Å². The summed E-state index contributed by atoms with van der Waals surface area (Å²) in [6.45, 7) is 8.89. The van der Waals surface area contributed by atoms with Crippen LogP contribution < -0.4 is 0 Å². The van der Waals surface area contributed by atoms with Crippen LogP contribution in [-0.2, 0) is 4.84 Å². The predicted molar refractivity (Wildman–Crippen MR) is 70.5 cm³/mol. The van der Waals surface area contributed by atoms with Gasteiger partial charge in [-0.15, -0.1) is 0 Å². The Balaban J connectivity index is 2.23. The summed E-state index contributed by atoms with van der Waals surface area (Å²) in [5.41, 5.74) is 1.14. The standard InChI is InChI=1S/C15H22FNO/c1-14(2,3)15(4)10-13(18-17(15)5)11-6-8-12(16)9-7-11/h6-9,13H,10H2,1-5H3/t13-,15-/m1/s1. The summed E-state index contributed by atoms with van der Waals surface area (Å²) in [4.78, 5) is 5.94. The van der Waals surface area contributed by atoms with E-state index in [-0.39, 0.29) is 22.9 Å². The third-order valence-electron chi connectivity index (χ3n) is 4.42. The molecule has 1 aromatic rings. The molecular weight excluding hydrogens is 229 g/mol. The fourth-order valence-electron chi connectivity index (χ4n) is 2.47. The lowest BCUT2D eigenvalue weighted by atomic mass is 9.72. The summed E-state index contributed by atoms with van der Waals surface area (Å²) >= 11 is 0. The van der Waals surface area contributed by atoms with Crippen LogP contribution >= 0.6 is 0 Å². The highest BCUT2D eigenvalue weighted by atomic mass is 19.1. The van der Waals surface area contributed by atoms with Gasteiger partial charge in [0.1, 0.15) is 11.9 Å². The van der Waals surface area contributed by atoms with Crippen LogP contribution in [0.15, 0.2) is 24.3 Å². The average molecular weight is 251 g/mol. The minimum atomic E-state index is -0.205. The van der Waals surface area contributed by atoms with Crippen molar-refractivity contribution in [1.29, 1.82) is 0 Å². The molecule has 0 radical (unpaired) electrons. The van der Waals surface area contributed by atoms with E-state index < -0.39 is 0 Å². The highest BCUT2D eigenvalue weighted by molar-refractivity contribution is 5.20. The van der Waals surface area contributed by atoms with Gasteiger partial charge in [0.2, 0.25) is 0 Å². The van der Waals surface area contributed by atoms with E-state index in [1.165, 1.54) is 12.1 Å². The monoisotopic (exact) mass is 251 g/mol. The first kappa shape index (κ1) is 13.5. The van der Waals surface area contributed by atoms with Gasteiger partial charge in [0.05, 0.1) is 5.54 Å². The first-order valence-electron chi connectivity index (χ1n) is 6.40. The Kier molecular flexibility index (Phi) is 3.24. The van der Waals surface area contributed by atoms with Crippen molar-refractivity contribution in [1.82, 2.24) is 5.06 Å². The minimum absolute atomic E-state index is 0.0137. The maximum atomic E-state index is 12.9. The maximum absolute atomic E-state index is 12.9. The SMILES string of the molecule is CN1O[C@@H](c2ccc(F)cc2)C[C@]1(C)C(C)(C)C. The molecule has 0 amide bonds. The predicted octanol–water partition coefficient (Wildman–Crippen LogP) is 3.94. The van der Waals surface area contributed by atoms with Crippen LogP contribution in [0, 0.1) is 11.2 Å². The van der Waals surface area contributed by atoms with Gasteiger partial charge in [-0.3, -0.25) is 4.84 Å². The van der Waals surface area contributed by atoms with Gasteiger partial charge in [-0.25, -0.2) is 4.39 Å². The minimum Gasteiger partial charge on any atom is -0.291 e. The molecule has 0 bridgehead atoms. The molecule has 1 fully saturated rings. The van der Waals surface area contributed by atoms with Crippen molar-refractivity contribution in [2.24, 2.45) is 5.41 Å². The third kappa shape index (κ3) is 2.17. The van der Waals surface area contributed by atoms with Crippen molar-refractivity contribution < 1.29 is 9.23 Å². The molecule has 1 aliphatic heterocycles. The van der Waals surface area contributed by atoms with Crippen molar-refractivity contribution in [3.05, 3.63) is 35.6 Å². The number of nitrogens with zero attached hydrogens (tertiary/aromatic N) is 1. The Bertz CT molecular complexity index is 423. The van der Waals surface area contributed by atoms with Crippen LogP contribution in [0.1, 0.15) is 45.8 Å². The molecule has 0 unspecified atom stereocenters. The van der Waals surface area contributed by atoms with Gasteiger partial charge in [0.25, 0.3) is 0 Å². The quantitative estimate of drug-likeness (QED) is 0.749. The van der Waals surface area contributed by atoms with Gasteiger partial charge < -0.3 is 0 Å². The molecule has 2 rings (SSSR count). The lowest BCUT2D eigenvalue weighted by Crippen LogP contribution is -2.48. The second-order valence-corrected chi connectivity index (χ2v) is 6.37. The third-order valence-corrected chi connectivity index (χ3v) is 4.42. The van der Waals surface area contributed by atoms with Gasteiger partial charge in [-0.05, 0) is 30.0 Å². The van der Waals surface area contributed by atoms with Crippen LogP contribution in [0.25, 0.3) is 0 Å². The Labute approximate surface area is 109 Å². The zero-order valence-corrected chi connectivity index (χ0v) is 11.8. The molecule has 1 heterocycles. The summed E-state index contributed by atoms with van der Waals surface area (Å²) in [5, 5.41) is 1.96. The van der Waals surface area contributed by atoms with E-state index in [0.717, 1.165) is 12.0 Å². The van der Waals surface area contributed by atoms with Gasteiger partial charge in [0.15, 0.2) is 0 Å². The Hall–Kier alpha value is -0.930. The first-order valence-corrected chi connectivity index (χ1v) is 6.40. The largest absolute Gasteiger partial charge is 0.291 e. The fraction of sp³-hybridized carbons (Fsp3) is 0.600. The number of hydrogen-bond acceptors (Lipinski definition) is 2. The molecule has 1 aliphatic rings. The number of rotatable bonds is 1. The second kappa shape index (κ2) is 4.32. The first-order chi connectivity index (χ1) is 8.24. The molecule has 0 N–H and O–H groups in total. The average Bonchev–Trinajstić information content (AvgIpc) is 2.57. The van der Waals surface area contributed by atoms with E-state index in [4.69, 9.17) is 4.84 Å². The molecule has 0 aliphatic carbocycles. The number of hydrogen-bond donors (Lipinski definition) is 0. The Morgan fingerprint density at radius 1 is 1.28 bits per heavy atom. The van der Waals surface area contributed by atoms with E-state index in [1.807, 2.05) is 24.2 Å². The molecule has 0 saturated carbocycles. The molecule has 0 spiro atoms. The second-order valence-electron chi connectivity index (χ2n) is 6.37. The van der Waals surface area contributed by atoms with Crippen molar-refractivity contribution >= 4 is 0 Å². The van der Waals surface area contributed by atoms with Gasteiger partial charge in [-0.1, -0.05) is 32.9 Å². The Morgan fingerprint density at radius 2 is 1.83 bits per heavy atom.